The molecule has 1 heterocycles. The van der Waals surface area contributed by atoms with Gasteiger partial charge in [-0.15, -0.1) is 0 Å². The molecule has 7 nitrogen and oxygen atoms in total. The molecule has 2 aromatic carbocycles. The average molecular weight is 419 g/mol. The van der Waals surface area contributed by atoms with Gasteiger partial charge in [-0.3, -0.25) is 14.5 Å². The predicted octanol–water partition coefficient (Wildman–Crippen LogP) is 2.58. The van der Waals surface area contributed by atoms with Crippen LogP contribution in [0.15, 0.2) is 48.5 Å². The first kappa shape index (κ1) is 19.6. The molecule has 2 aromatic rings. The third kappa shape index (κ3) is 3.34. The van der Waals surface area contributed by atoms with Gasteiger partial charge in [-0.05, 0) is 54.5 Å². The van der Waals surface area contributed by atoms with Crippen molar-refractivity contribution < 1.29 is 19.1 Å². The van der Waals surface area contributed by atoms with E-state index in [0.29, 0.717) is 13.0 Å². The number of ether oxygens (including phenoxy) is 1. The van der Waals surface area contributed by atoms with Crippen molar-refractivity contribution in [1.29, 1.82) is 0 Å². The molecule has 1 aliphatic heterocycles. The zero-order valence-corrected chi connectivity index (χ0v) is 17.5. The maximum atomic E-state index is 13.3. The number of rotatable bonds is 6. The zero-order valence-electron chi connectivity index (χ0n) is 17.5. The first-order valence-corrected chi connectivity index (χ1v) is 10.7. The van der Waals surface area contributed by atoms with Gasteiger partial charge in [-0.1, -0.05) is 36.4 Å². The predicted molar refractivity (Wildman–Crippen MR) is 113 cm³/mol. The van der Waals surface area contributed by atoms with Crippen LogP contribution in [0.3, 0.4) is 0 Å². The normalized spacial score (nSPS) is 21.9. The van der Waals surface area contributed by atoms with Crippen LogP contribution in [0.2, 0.25) is 0 Å². The molecule has 31 heavy (non-hydrogen) atoms. The van der Waals surface area contributed by atoms with E-state index in [1.807, 2.05) is 48.5 Å². The maximum Gasteiger partial charge on any atom is 0.325 e. The second-order valence-corrected chi connectivity index (χ2v) is 8.48. The summed E-state index contributed by atoms with van der Waals surface area (Å²) >= 11 is 0. The van der Waals surface area contributed by atoms with Gasteiger partial charge in [0, 0.05) is 12.6 Å². The van der Waals surface area contributed by atoms with Gasteiger partial charge in [-0.25, -0.2) is 4.79 Å². The summed E-state index contributed by atoms with van der Waals surface area (Å²) in [6.45, 7) is 0.215. The number of carbonyl (C=O) groups excluding carboxylic acids is 3. The van der Waals surface area contributed by atoms with Gasteiger partial charge < -0.3 is 15.0 Å². The molecule has 3 aliphatic rings. The number of amides is 4. The van der Waals surface area contributed by atoms with Gasteiger partial charge in [0.2, 0.25) is 5.91 Å². The van der Waals surface area contributed by atoms with E-state index in [0.717, 1.165) is 46.6 Å². The second kappa shape index (κ2) is 7.41. The van der Waals surface area contributed by atoms with Crippen LogP contribution in [-0.2, 0) is 28.1 Å². The van der Waals surface area contributed by atoms with Crippen LogP contribution in [0, 0.1) is 0 Å². The van der Waals surface area contributed by atoms with Gasteiger partial charge in [-0.2, -0.15) is 0 Å². The molecule has 1 atom stereocenters. The fourth-order valence-electron chi connectivity index (χ4n) is 4.69. The molecule has 0 aromatic heterocycles. The van der Waals surface area contributed by atoms with Crippen molar-refractivity contribution in [1.82, 2.24) is 15.1 Å². The van der Waals surface area contributed by atoms with E-state index in [2.05, 4.69) is 5.32 Å². The second-order valence-electron chi connectivity index (χ2n) is 8.48. The van der Waals surface area contributed by atoms with E-state index >= 15 is 0 Å². The number of nitrogens with one attached hydrogen (secondary N) is 1. The summed E-state index contributed by atoms with van der Waals surface area (Å²) in [6.07, 6.45) is 3.15. The number of carbonyl (C=O) groups is 3. The van der Waals surface area contributed by atoms with Crippen LogP contribution >= 0.6 is 0 Å². The third-order valence-electron chi connectivity index (χ3n) is 6.54. The molecule has 2 fully saturated rings. The molecule has 0 radical (unpaired) electrons. The van der Waals surface area contributed by atoms with Crippen molar-refractivity contribution in [3.8, 4) is 5.75 Å². The van der Waals surface area contributed by atoms with Crippen LogP contribution in [0.4, 0.5) is 4.79 Å². The molecule has 4 amide bonds. The Morgan fingerprint density at radius 2 is 1.90 bits per heavy atom. The fraction of sp³-hybridized carbons (Fsp3) is 0.375. The van der Waals surface area contributed by atoms with Gasteiger partial charge in [0.25, 0.3) is 5.91 Å². The number of hydrogen-bond donors (Lipinski definition) is 1. The molecule has 1 N–H and O–H groups in total. The largest absolute Gasteiger partial charge is 0.497 e. The minimum Gasteiger partial charge on any atom is -0.497 e. The highest BCUT2D eigenvalue weighted by Gasteiger charge is 2.55. The standard InChI is InChI=1S/C24H25N3O4/c1-31-19-10-6-16(7-11-19)14-26(18-8-9-18)21(28)15-27-22(29)24(25-23(27)30)13-12-17-4-2-3-5-20(17)24/h2-7,10-11,18H,8-9,12-15H2,1H3,(H,25,30)/t24-/m0/s1. The minimum absolute atomic E-state index is 0.163. The molecular formula is C24H25N3O4. The number of benzene rings is 2. The molecule has 160 valence electrons. The van der Waals surface area contributed by atoms with Gasteiger partial charge in [0.1, 0.15) is 17.8 Å². The Morgan fingerprint density at radius 3 is 2.61 bits per heavy atom. The fourth-order valence-corrected chi connectivity index (χ4v) is 4.69. The average Bonchev–Trinajstić information content (AvgIpc) is 3.53. The van der Waals surface area contributed by atoms with E-state index in [1.165, 1.54) is 0 Å². The van der Waals surface area contributed by atoms with E-state index in [9.17, 15) is 14.4 Å². The number of urea groups is 1. The molecule has 1 spiro atoms. The van der Waals surface area contributed by atoms with E-state index in [4.69, 9.17) is 4.74 Å². The van der Waals surface area contributed by atoms with Gasteiger partial charge >= 0.3 is 6.03 Å². The van der Waals surface area contributed by atoms with Crippen LogP contribution in [0.1, 0.15) is 36.0 Å². The molecule has 1 saturated carbocycles. The Bertz CT molecular complexity index is 1050. The summed E-state index contributed by atoms with van der Waals surface area (Å²) in [4.78, 5) is 42.1. The Hall–Kier alpha value is -3.35. The number of fused-ring (bicyclic) bond motifs is 2. The van der Waals surface area contributed by atoms with Gasteiger partial charge in [0.05, 0.1) is 7.11 Å². The lowest BCUT2D eigenvalue weighted by molar-refractivity contribution is -0.139. The van der Waals surface area contributed by atoms with Gasteiger partial charge in [0.15, 0.2) is 0 Å². The quantitative estimate of drug-likeness (QED) is 0.730. The van der Waals surface area contributed by atoms with Crippen LogP contribution < -0.4 is 10.1 Å². The molecule has 0 unspecified atom stereocenters. The number of methoxy groups -OCH3 is 1. The minimum atomic E-state index is -1.03. The summed E-state index contributed by atoms with van der Waals surface area (Å²) in [7, 11) is 1.61. The van der Waals surface area contributed by atoms with Crippen molar-refractivity contribution in [2.45, 2.75) is 43.8 Å². The van der Waals surface area contributed by atoms with Crippen molar-refractivity contribution in [2.75, 3.05) is 13.7 Å². The first-order chi connectivity index (χ1) is 15.0. The third-order valence-corrected chi connectivity index (χ3v) is 6.54. The van der Waals surface area contributed by atoms with Crippen LogP contribution in [0.5, 0.6) is 5.75 Å². The molecule has 1 saturated heterocycles. The molecule has 2 aliphatic carbocycles. The maximum absolute atomic E-state index is 13.3. The number of hydrogen-bond acceptors (Lipinski definition) is 4. The van der Waals surface area contributed by atoms with Crippen molar-refractivity contribution in [3.63, 3.8) is 0 Å². The lowest BCUT2D eigenvalue weighted by Gasteiger charge is -2.25. The molecular weight excluding hydrogens is 394 g/mol. The SMILES string of the molecule is COc1ccc(CN(C(=O)CN2C(=O)N[C@]3(CCc4ccccc43)C2=O)C2CC2)cc1. The van der Waals surface area contributed by atoms with Crippen LogP contribution in [0.25, 0.3) is 0 Å². The summed E-state index contributed by atoms with van der Waals surface area (Å²) < 4.78 is 5.20. The topological polar surface area (TPSA) is 79.0 Å². The number of nitrogens with zero attached hydrogens (tertiary/aromatic N) is 2. The zero-order chi connectivity index (χ0) is 21.6. The van der Waals surface area contributed by atoms with E-state index in [-0.39, 0.29) is 24.4 Å². The van der Waals surface area contributed by atoms with Crippen molar-refractivity contribution in [2.24, 2.45) is 0 Å². The molecule has 0 bridgehead atoms. The summed E-state index contributed by atoms with van der Waals surface area (Å²) in [5.74, 6) is 0.232. The Labute approximate surface area is 181 Å². The summed E-state index contributed by atoms with van der Waals surface area (Å²) in [6, 6.07) is 15.0. The van der Waals surface area contributed by atoms with Crippen molar-refractivity contribution >= 4 is 17.8 Å². The highest BCUT2D eigenvalue weighted by atomic mass is 16.5. The molecule has 5 rings (SSSR count). The van der Waals surface area contributed by atoms with Crippen molar-refractivity contribution in [3.05, 3.63) is 65.2 Å². The summed E-state index contributed by atoms with van der Waals surface area (Å²) in [5.41, 5.74) is 1.87. The number of aryl methyl sites for hydroxylation is 1. The van der Waals surface area contributed by atoms with E-state index < -0.39 is 11.6 Å². The first-order valence-electron chi connectivity index (χ1n) is 10.7. The molecule has 7 heteroatoms. The lowest BCUT2D eigenvalue weighted by atomic mass is 9.92. The number of imide groups is 1. The highest BCUT2D eigenvalue weighted by molar-refractivity contribution is 6.10. The Morgan fingerprint density at radius 1 is 1.16 bits per heavy atom. The Kier molecular flexibility index (Phi) is 4.68. The highest BCUT2D eigenvalue weighted by Crippen LogP contribution is 2.41. The monoisotopic (exact) mass is 419 g/mol. The van der Waals surface area contributed by atoms with Crippen LogP contribution in [-0.4, -0.2) is 47.3 Å². The van der Waals surface area contributed by atoms with E-state index in [1.54, 1.807) is 12.0 Å². The Balaban J connectivity index is 1.33. The lowest BCUT2D eigenvalue weighted by Crippen LogP contribution is -2.45. The smallest absolute Gasteiger partial charge is 0.325 e. The summed E-state index contributed by atoms with van der Waals surface area (Å²) in [5, 5.41) is 2.89.